The zero-order chi connectivity index (χ0) is 13.0. The van der Waals surface area contributed by atoms with Crippen LogP contribution in [0.1, 0.15) is 6.92 Å². The Kier molecular flexibility index (Phi) is 4.04. The maximum absolute atomic E-state index is 5.90. The summed E-state index contributed by atoms with van der Waals surface area (Å²) in [5, 5.41) is 3.17. The van der Waals surface area contributed by atoms with Crippen LogP contribution in [0.15, 0.2) is 41.0 Å². The van der Waals surface area contributed by atoms with Crippen LogP contribution in [0.4, 0.5) is 17.2 Å². The molecule has 0 unspecified atom stereocenters. The van der Waals surface area contributed by atoms with Crippen LogP contribution in [-0.2, 0) is 0 Å². The molecular weight excluding hydrogens is 294 g/mol. The molecule has 0 amide bonds. The second-order valence-corrected chi connectivity index (χ2v) is 4.56. The van der Waals surface area contributed by atoms with Crippen LogP contribution in [0, 0.1) is 0 Å². The zero-order valence-corrected chi connectivity index (χ0v) is 11.6. The summed E-state index contributed by atoms with van der Waals surface area (Å²) in [6.07, 6.45) is 1.70. The minimum Gasteiger partial charge on any atom is -0.492 e. The molecule has 0 aliphatic rings. The Bertz CT molecular complexity index is 546. The molecule has 3 N–H and O–H groups in total. The number of rotatable bonds is 4. The third kappa shape index (κ3) is 2.92. The summed E-state index contributed by atoms with van der Waals surface area (Å²) in [4.78, 5) is 4.24. The van der Waals surface area contributed by atoms with E-state index < -0.39 is 0 Å². The van der Waals surface area contributed by atoms with E-state index >= 15 is 0 Å². The van der Waals surface area contributed by atoms with Crippen LogP contribution >= 0.6 is 15.9 Å². The molecule has 0 fully saturated rings. The predicted molar refractivity (Wildman–Crippen MR) is 77.2 cm³/mol. The van der Waals surface area contributed by atoms with E-state index in [0.717, 1.165) is 15.9 Å². The highest BCUT2D eigenvalue weighted by molar-refractivity contribution is 9.10. The summed E-state index contributed by atoms with van der Waals surface area (Å²) >= 11 is 3.33. The van der Waals surface area contributed by atoms with E-state index in [1.165, 1.54) is 0 Å². The highest BCUT2D eigenvalue weighted by Crippen LogP contribution is 2.29. The topological polar surface area (TPSA) is 60.2 Å². The first-order valence-corrected chi connectivity index (χ1v) is 6.40. The van der Waals surface area contributed by atoms with E-state index in [4.69, 9.17) is 10.5 Å². The summed E-state index contributed by atoms with van der Waals surface area (Å²) < 4.78 is 6.38. The van der Waals surface area contributed by atoms with Crippen LogP contribution in [0.3, 0.4) is 0 Å². The van der Waals surface area contributed by atoms with Gasteiger partial charge < -0.3 is 15.8 Å². The van der Waals surface area contributed by atoms with Gasteiger partial charge in [0.15, 0.2) is 5.82 Å². The van der Waals surface area contributed by atoms with E-state index in [9.17, 15) is 0 Å². The van der Waals surface area contributed by atoms with E-state index in [1.54, 1.807) is 12.3 Å². The van der Waals surface area contributed by atoms with Gasteiger partial charge in [0.25, 0.3) is 0 Å². The second kappa shape index (κ2) is 5.73. The van der Waals surface area contributed by atoms with Gasteiger partial charge in [-0.2, -0.15) is 0 Å². The van der Waals surface area contributed by atoms with Crippen LogP contribution < -0.4 is 15.8 Å². The maximum atomic E-state index is 5.90. The fourth-order valence-corrected chi connectivity index (χ4v) is 1.89. The van der Waals surface area contributed by atoms with Crippen molar-refractivity contribution in [1.29, 1.82) is 0 Å². The third-order valence-corrected chi connectivity index (χ3v) is 2.76. The number of pyridine rings is 1. The van der Waals surface area contributed by atoms with Crippen LogP contribution in [-0.4, -0.2) is 11.6 Å². The van der Waals surface area contributed by atoms with Gasteiger partial charge in [-0.1, -0.05) is 12.1 Å². The average Bonchev–Trinajstić information content (AvgIpc) is 2.35. The first-order chi connectivity index (χ1) is 8.70. The van der Waals surface area contributed by atoms with Crippen molar-refractivity contribution in [1.82, 2.24) is 4.98 Å². The van der Waals surface area contributed by atoms with E-state index in [2.05, 4.69) is 26.2 Å². The number of para-hydroxylation sites is 2. The van der Waals surface area contributed by atoms with Crippen molar-refractivity contribution in [3.63, 3.8) is 0 Å². The summed E-state index contributed by atoms with van der Waals surface area (Å²) in [5.41, 5.74) is 7.32. The number of nitrogens with one attached hydrogen (secondary N) is 1. The highest BCUT2D eigenvalue weighted by Gasteiger charge is 2.06. The van der Waals surface area contributed by atoms with Crippen LogP contribution in [0.5, 0.6) is 5.75 Å². The molecule has 0 spiro atoms. The van der Waals surface area contributed by atoms with Crippen molar-refractivity contribution in [2.45, 2.75) is 6.92 Å². The molecule has 5 heteroatoms. The molecule has 0 aliphatic heterocycles. The van der Waals surface area contributed by atoms with Gasteiger partial charge in [-0.05, 0) is 41.1 Å². The lowest BCUT2D eigenvalue weighted by Gasteiger charge is -2.12. The molecule has 1 aromatic heterocycles. The lowest BCUT2D eigenvalue weighted by Crippen LogP contribution is -2.01. The van der Waals surface area contributed by atoms with Gasteiger partial charge in [0, 0.05) is 10.7 Å². The molecular formula is C13H14BrN3O. The Morgan fingerprint density at radius 1 is 1.39 bits per heavy atom. The summed E-state index contributed by atoms with van der Waals surface area (Å²) in [5.74, 6) is 1.40. The van der Waals surface area contributed by atoms with Gasteiger partial charge in [-0.3, -0.25) is 0 Å². The van der Waals surface area contributed by atoms with Gasteiger partial charge in [-0.25, -0.2) is 4.98 Å². The monoisotopic (exact) mass is 307 g/mol. The SMILES string of the molecule is CCOc1ccccc1Nc1ncc(Br)cc1N. The Hall–Kier alpha value is -1.75. The van der Waals surface area contributed by atoms with Gasteiger partial charge >= 0.3 is 0 Å². The molecule has 2 aromatic rings. The van der Waals surface area contributed by atoms with Gasteiger partial charge in [0.05, 0.1) is 18.0 Å². The summed E-state index contributed by atoms with van der Waals surface area (Å²) in [6.45, 7) is 2.56. The molecule has 18 heavy (non-hydrogen) atoms. The largest absolute Gasteiger partial charge is 0.492 e. The molecule has 0 aliphatic carbocycles. The van der Waals surface area contributed by atoms with Crippen LogP contribution in [0.2, 0.25) is 0 Å². The fraction of sp³-hybridized carbons (Fsp3) is 0.154. The number of hydrogen-bond donors (Lipinski definition) is 2. The predicted octanol–water partition coefficient (Wildman–Crippen LogP) is 3.57. The standard InChI is InChI=1S/C13H14BrN3O/c1-2-18-12-6-4-3-5-11(12)17-13-10(15)7-9(14)8-16-13/h3-8H,2,15H2,1H3,(H,16,17). The minimum atomic E-state index is 0.579. The molecule has 0 saturated carbocycles. The first-order valence-electron chi connectivity index (χ1n) is 5.60. The number of anilines is 3. The molecule has 0 bridgehead atoms. The number of nitrogens with two attached hydrogens (primary N) is 1. The maximum Gasteiger partial charge on any atom is 0.153 e. The Labute approximate surface area is 114 Å². The number of halogens is 1. The Balaban J connectivity index is 2.28. The van der Waals surface area contributed by atoms with E-state index in [0.29, 0.717) is 18.1 Å². The fourth-order valence-electron chi connectivity index (χ4n) is 1.54. The third-order valence-electron chi connectivity index (χ3n) is 2.32. The molecule has 2 rings (SSSR count). The second-order valence-electron chi connectivity index (χ2n) is 3.65. The molecule has 0 radical (unpaired) electrons. The smallest absolute Gasteiger partial charge is 0.153 e. The molecule has 1 aromatic carbocycles. The van der Waals surface area contributed by atoms with Crippen molar-refractivity contribution < 1.29 is 4.74 Å². The number of hydrogen-bond acceptors (Lipinski definition) is 4. The van der Waals surface area contributed by atoms with Crippen molar-refractivity contribution >= 4 is 33.1 Å². The number of nitrogen functional groups attached to an aromatic ring is 1. The zero-order valence-electron chi connectivity index (χ0n) is 9.98. The first kappa shape index (κ1) is 12.7. The Morgan fingerprint density at radius 3 is 2.89 bits per heavy atom. The lowest BCUT2D eigenvalue weighted by atomic mass is 10.3. The number of benzene rings is 1. The molecule has 94 valence electrons. The molecule has 0 saturated heterocycles. The van der Waals surface area contributed by atoms with Crippen molar-refractivity contribution in [3.05, 3.63) is 41.0 Å². The minimum absolute atomic E-state index is 0.579. The average molecular weight is 308 g/mol. The molecule has 4 nitrogen and oxygen atoms in total. The summed E-state index contributed by atoms with van der Waals surface area (Å²) in [7, 11) is 0. The van der Waals surface area contributed by atoms with Gasteiger partial charge in [0.2, 0.25) is 0 Å². The highest BCUT2D eigenvalue weighted by atomic mass is 79.9. The van der Waals surface area contributed by atoms with Gasteiger partial charge in [-0.15, -0.1) is 0 Å². The quantitative estimate of drug-likeness (QED) is 0.906. The number of ether oxygens (including phenoxy) is 1. The Morgan fingerprint density at radius 2 is 2.17 bits per heavy atom. The van der Waals surface area contributed by atoms with Crippen molar-refractivity contribution in [2.75, 3.05) is 17.7 Å². The number of nitrogens with zero attached hydrogens (tertiary/aromatic N) is 1. The van der Waals surface area contributed by atoms with Crippen LogP contribution in [0.25, 0.3) is 0 Å². The summed E-state index contributed by atoms with van der Waals surface area (Å²) in [6, 6.07) is 9.49. The molecule has 0 atom stereocenters. The molecule has 1 heterocycles. The normalized spacial score (nSPS) is 10.1. The van der Waals surface area contributed by atoms with E-state index in [-0.39, 0.29) is 0 Å². The lowest BCUT2D eigenvalue weighted by molar-refractivity contribution is 0.342. The van der Waals surface area contributed by atoms with Crippen molar-refractivity contribution in [3.8, 4) is 5.75 Å². The number of aromatic nitrogens is 1. The van der Waals surface area contributed by atoms with E-state index in [1.807, 2.05) is 31.2 Å². The van der Waals surface area contributed by atoms with Gasteiger partial charge in [0.1, 0.15) is 5.75 Å². The van der Waals surface area contributed by atoms with Crippen molar-refractivity contribution in [2.24, 2.45) is 0 Å².